The van der Waals surface area contributed by atoms with E-state index in [1.54, 1.807) is 18.7 Å². The molecule has 18 heavy (non-hydrogen) atoms. The van der Waals surface area contributed by atoms with E-state index >= 15 is 0 Å². The first-order chi connectivity index (χ1) is 8.30. The van der Waals surface area contributed by atoms with Gasteiger partial charge in [0, 0.05) is 25.4 Å². The molecule has 2 nitrogen and oxygen atoms in total. The number of likely N-dealkylation sites (tertiary alicyclic amines) is 1. The summed E-state index contributed by atoms with van der Waals surface area (Å²) in [6.07, 6.45) is 0. The van der Waals surface area contributed by atoms with Crippen LogP contribution in [0, 0.1) is 5.92 Å². The number of nitrogens with zero attached hydrogens (tertiary/aromatic N) is 1. The van der Waals surface area contributed by atoms with Gasteiger partial charge in [-0.1, -0.05) is 31.2 Å². The molecule has 1 fully saturated rings. The van der Waals surface area contributed by atoms with Crippen LogP contribution in [0.4, 0.5) is 4.39 Å². The van der Waals surface area contributed by atoms with Crippen LogP contribution in [0.25, 0.3) is 0 Å². The Kier molecular flexibility index (Phi) is 3.18. The van der Waals surface area contributed by atoms with E-state index in [-0.39, 0.29) is 17.7 Å². The lowest BCUT2D eigenvalue weighted by Crippen LogP contribution is -2.21. The Labute approximate surface area is 108 Å². The fourth-order valence-electron chi connectivity index (χ4n) is 2.58. The lowest BCUT2D eigenvalue weighted by Gasteiger charge is -2.17. The van der Waals surface area contributed by atoms with E-state index in [9.17, 15) is 9.18 Å². The van der Waals surface area contributed by atoms with Crippen molar-refractivity contribution in [3.05, 3.63) is 35.4 Å². The second-order valence-electron chi connectivity index (χ2n) is 5.71. The number of benzene rings is 1. The Hall–Kier alpha value is -1.38. The number of amides is 1. The fourth-order valence-corrected chi connectivity index (χ4v) is 2.58. The van der Waals surface area contributed by atoms with Gasteiger partial charge in [0.2, 0.25) is 5.91 Å². The van der Waals surface area contributed by atoms with E-state index in [1.165, 1.54) is 0 Å². The van der Waals surface area contributed by atoms with Gasteiger partial charge in [-0.05, 0) is 25.0 Å². The summed E-state index contributed by atoms with van der Waals surface area (Å²) in [6.45, 7) is 5.82. The third kappa shape index (κ3) is 2.26. The van der Waals surface area contributed by atoms with Crippen LogP contribution in [-0.2, 0) is 10.5 Å². The topological polar surface area (TPSA) is 20.3 Å². The maximum absolute atomic E-state index is 13.8. The highest BCUT2D eigenvalue weighted by Gasteiger charge is 2.36. The molecule has 0 bridgehead atoms. The number of rotatable bonds is 2. The Balaban J connectivity index is 2.23. The molecule has 0 aliphatic carbocycles. The van der Waals surface area contributed by atoms with E-state index in [0.29, 0.717) is 5.56 Å². The molecular weight excluding hydrogens is 229 g/mol. The number of alkyl halides is 1. The average Bonchev–Trinajstić information content (AvgIpc) is 2.56. The minimum absolute atomic E-state index is 0.0132. The van der Waals surface area contributed by atoms with E-state index in [1.807, 2.05) is 38.2 Å². The van der Waals surface area contributed by atoms with Gasteiger partial charge >= 0.3 is 0 Å². The standard InChI is InChI=1S/C15H20FNO/c1-10-13(9-17(4)14(10)18)11-5-7-12(8-6-11)15(2,3)16/h5-8,10,13H,9H2,1-4H3. The fraction of sp³-hybridized carbons (Fsp3) is 0.533. The summed E-state index contributed by atoms with van der Waals surface area (Å²) in [5.41, 5.74) is 0.483. The number of hydrogen-bond donors (Lipinski definition) is 0. The third-order valence-electron chi connectivity index (χ3n) is 3.87. The number of carbonyl (C=O) groups excluding carboxylic acids is 1. The van der Waals surface area contributed by atoms with Crippen molar-refractivity contribution in [2.24, 2.45) is 5.92 Å². The molecule has 1 aromatic carbocycles. The first-order valence-corrected chi connectivity index (χ1v) is 6.35. The minimum Gasteiger partial charge on any atom is -0.345 e. The van der Waals surface area contributed by atoms with Crippen LogP contribution in [0.1, 0.15) is 37.8 Å². The number of halogens is 1. The first kappa shape index (κ1) is 13.1. The lowest BCUT2D eigenvalue weighted by molar-refractivity contribution is -0.129. The molecule has 2 rings (SSSR count). The van der Waals surface area contributed by atoms with E-state index < -0.39 is 5.67 Å². The van der Waals surface area contributed by atoms with Crippen LogP contribution in [-0.4, -0.2) is 24.4 Å². The van der Waals surface area contributed by atoms with Crippen LogP contribution in [0.15, 0.2) is 24.3 Å². The highest BCUT2D eigenvalue weighted by molar-refractivity contribution is 5.81. The quantitative estimate of drug-likeness (QED) is 0.788. The Bertz CT molecular complexity index is 447. The summed E-state index contributed by atoms with van der Waals surface area (Å²) in [7, 11) is 1.83. The molecule has 3 heteroatoms. The monoisotopic (exact) mass is 249 g/mol. The average molecular weight is 249 g/mol. The van der Waals surface area contributed by atoms with Crippen molar-refractivity contribution in [3.63, 3.8) is 0 Å². The Morgan fingerprint density at radius 2 is 1.83 bits per heavy atom. The van der Waals surface area contributed by atoms with Gasteiger partial charge in [0.15, 0.2) is 0 Å². The minimum atomic E-state index is -1.31. The molecule has 1 saturated heterocycles. The molecule has 2 atom stereocenters. The molecule has 1 amide bonds. The summed E-state index contributed by atoms with van der Waals surface area (Å²) in [5, 5.41) is 0. The van der Waals surface area contributed by atoms with Crippen LogP contribution >= 0.6 is 0 Å². The third-order valence-corrected chi connectivity index (χ3v) is 3.87. The normalized spacial score (nSPS) is 24.7. The highest BCUT2D eigenvalue weighted by atomic mass is 19.1. The number of carbonyl (C=O) groups is 1. The molecule has 0 radical (unpaired) electrons. The first-order valence-electron chi connectivity index (χ1n) is 6.35. The van der Waals surface area contributed by atoms with Crippen molar-refractivity contribution in [1.82, 2.24) is 4.90 Å². The molecule has 1 aliphatic heterocycles. The SMILES string of the molecule is CC1C(=O)N(C)CC1c1ccc(C(C)(C)F)cc1. The summed E-state index contributed by atoms with van der Waals surface area (Å²) in [6, 6.07) is 7.55. The van der Waals surface area contributed by atoms with Crippen molar-refractivity contribution in [3.8, 4) is 0 Å². The van der Waals surface area contributed by atoms with Crippen molar-refractivity contribution < 1.29 is 9.18 Å². The highest BCUT2D eigenvalue weighted by Crippen LogP contribution is 2.34. The summed E-state index contributed by atoms with van der Waals surface area (Å²) >= 11 is 0. The zero-order chi connectivity index (χ0) is 13.5. The molecular formula is C15H20FNO. The van der Waals surface area contributed by atoms with Crippen LogP contribution in [0.3, 0.4) is 0 Å². The van der Waals surface area contributed by atoms with Crippen molar-refractivity contribution in [2.45, 2.75) is 32.4 Å². The number of hydrogen-bond acceptors (Lipinski definition) is 1. The van der Waals surface area contributed by atoms with Gasteiger partial charge < -0.3 is 4.90 Å². The van der Waals surface area contributed by atoms with E-state index in [4.69, 9.17) is 0 Å². The van der Waals surface area contributed by atoms with Crippen LogP contribution in [0.5, 0.6) is 0 Å². The maximum Gasteiger partial charge on any atom is 0.225 e. The lowest BCUT2D eigenvalue weighted by atomic mass is 9.88. The van der Waals surface area contributed by atoms with Crippen molar-refractivity contribution in [1.29, 1.82) is 0 Å². The van der Waals surface area contributed by atoms with E-state index in [0.717, 1.165) is 12.1 Å². The van der Waals surface area contributed by atoms with E-state index in [2.05, 4.69) is 0 Å². The van der Waals surface area contributed by atoms with Gasteiger partial charge in [0.1, 0.15) is 5.67 Å². The molecule has 0 aromatic heterocycles. The summed E-state index contributed by atoms with van der Waals surface area (Å²) in [4.78, 5) is 13.5. The van der Waals surface area contributed by atoms with Crippen LogP contribution in [0.2, 0.25) is 0 Å². The largest absolute Gasteiger partial charge is 0.345 e. The molecule has 1 aromatic rings. The van der Waals surface area contributed by atoms with Gasteiger partial charge in [0.25, 0.3) is 0 Å². The zero-order valence-electron chi connectivity index (χ0n) is 11.4. The molecule has 0 saturated carbocycles. The maximum atomic E-state index is 13.8. The van der Waals surface area contributed by atoms with Gasteiger partial charge in [-0.25, -0.2) is 4.39 Å². The smallest absolute Gasteiger partial charge is 0.225 e. The molecule has 1 aliphatic rings. The second kappa shape index (κ2) is 4.38. The van der Waals surface area contributed by atoms with Gasteiger partial charge in [0.05, 0.1) is 0 Å². The molecule has 98 valence electrons. The molecule has 2 unspecified atom stereocenters. The summed E-state index contributed by atoms with van der Waals surface area (Å²) in [5.74, 6) is 0.424. The molecule has 0 N–H and O–H groups in total. The zero-order valence-corrected chi connectivity index (χ0v) is 11.4. The number of likely N-dealkylation sites (N-methyl/N-ethyl adjacent to an activating group) is 1. The second-order valence-corrected chi connectivity index (χ2v) is 5.71. The predicted molar refractivity (Wildman–Crippen MR) is 70.1 cm³/mol. The van der Waals surface area contributed by atoms with Crippen LogP contribution < -0.4 is 0 Å². The Morgan fingerprint density at radius 3 is 2.22 bits per heavy atom. The van der Waals surface area contributed by atoms with Crippen molar-refractivity contribution >= 4 is 5.91 Å². The Morgan fingerprint density at radius 1 is 1.28 bits per heavy atom. The van der Waals surface area contributed by atoms with Gasteiger partial charge in [-0.15, -0.1) is 0 Å². The molecule has 0 spiro atoms. The summed E-state index contributed by atoms with van der Waals surface area (Å²) < 4.78 is 13.8. The van der Waals surface area contributed by atoms with Gasteiger partial charge in [-0.3, -0.25) is 4.79 Å². The predicted octanol–water partition coefficient (Wildman–Crippen LogP) is 3.08. The van der Waals surface area contributed by atoms with Gasteiger partial charge in [-0.2, -0.15) is 0 Å². The molecule has 1 heterocycles. The van der Waals surface area contributed by atoms with Crippen molar-refractivity contribution in [2.75, 3.05) is 13.6 Å².